The highest BCUT2D eigenvalue weighted by molar-refractivity contribution is 7.89. The van der Waals surface area contributed by atoms with Crippen LogP contribution in [-0.2, 0) is 22.9 Å². The molecule has 0 aliphatic carbocycles. The lowest BCUT2D eigenvalue weighted by Crippen LogP contribution is -2.26. The number of nitrogens with zero attached hydrogens (tertiary/aromatic N) is 2. The van der Waals surface area contributed by atoms with Crippen molar-refractivity contribution < 1.29 is 13.2 Å². The van der Waals surface area contributed by atoms with Crippen LogP contribution in [0.5, 0.6) is 5.75 Å². The second-order valence-electron chi connectivity index (χ2n) is 6.31. The molecular formula is C19H21ClN4O3S. The maximum Gasteiger partial charge on any atom is 0.240 e. The summed E-state index contributed by atoms with van der Waals surface area (Å²) in [7, 11) is -2.21. The third kappa shape index (κ3) is 5.09. The summed E-state index contributed by atoms with van der Waals surface area (Å²) in [6, 6.07) is 12.5. The zero-order chi connectivity index (χ0) is 20.1. The number of rotatable bonds is 8. The molecule has 0 bridgehead atoms. The predicted molar refractivity (Wildman–Crippen MR) is 107 cm³/mol. The smallest absolute Gasteiger partial charge is 0.240 e. The Bertz CT molecular complexity index is 1070. The molecule has 2 aromatic carbocycles. The maximum absolute atomic E-state index is 12.4. The number of hydrogen-bond acceptors (Lipinski definition) is 5. The third-order valence-corrected chi connectivity index (χ3v) is 5.86. The first-order valence-electron chi connectivity index (χ1n) is 8.66. The van der Waals surface area contributed by atoms with E-state index in [1.165, 1.54) is 30.9 Å². The molecule has 0 aliphatic rings. The van der Waals surface area contributed by atoms with Gasteiger partial charge in [-0.05, 0) is 30.7 Å². The van der Waals surface area contributed by atoms with Crippen LogP contribution in [0.25, 0.3) is 0 Å². The van der Waals surface area contributed by atoms with Gasteiger partial charge in [0.2, 0.25) is 10.0 Å². The Morgan fingerprint density at radius 3 is 2.75 bits per heavy atom. The lowest BCUT2D eigenvalue weighted by Gasteiger charge is -2.08. The number of hydrogen-bond donors (Lipinski definition) is 2. The quantitative estimate of drug-likeness (QED) is 0.584. The first kappa shape index (κ1) is 20.3. The zero-order valence-corrected chi connectivity index (χ0v) is 17.1. The third-order valence-electron chi connectivity index (χ3n) is 4.11. The van der Waals surface area contributed by atoms with Gasteiger partial charge in [0.25, 0.3) is 0 Å². The van der Waals surface area contributed by atoms with E-state index in [0.29, 0.717) is 24.4 Å². The summed E-state index contributed by atoms with van der Waals surface area (Å²) < 4.78 is 32.4. The molecule has 7 nitrogen and oxygen atoms in total. The summed E-state index contributed by atoms with van der Waals surface area (Å²) in [5.41, 5.74) is 2.32. The summed E-state index contributed by atoms with van der Waals surface area (Å²) in [6.45, 7) is 2.21. The summed E-state index contributed by atoms with van der Waals surface area (Å²) >= 11 is 6.00. The van der Waals surface area contributed by atoms with Crippen LogP contribution < -0.4 is 9.46 Å². The fourth-order valence-electron chi connectivity index (χ4n) is 2.74. The molecule has 2 N–H and O–H groups in total. The second-order valence-corrected chi connectivity index (χ2v) is 8.48. The molecule has 0 fully saturated rings. The molecule has 0 saturated heterocycles. The zero-order valence-electron chi connectivity index (χ0n) is 15.6. The molecule has 1 aromatic heterocycles. The number of aromatic nitrogens is 3. The number of nitrogens with one attached hydrogen (secondary N) is 2. The number of benzene rings is 2. The summed E-state index contributed by atoms with van der Waals surface area (Å²) in [6.07, 6.45) is 1.01. The number of H-pyrrole nitrogens is 1. The van der Waals surface area contributed by atoms with Crippen LogP contribution in [0.15, 0.2) is 47.4 Å². The van der Waals surface area contributed by atoms with Gasteiger partial charge in [-0.3, -0.25) is 5.10 Å². The van der Waals surface area contributed by atoms with Crippen molar-refractivity contribution in [2.75, 3.05) is 13.7 Å². The van der Waals surface area contributed by atoms with Crippen molar-refractivity contribution in [3.05, 3.63) is 70.3 Å². The topological polar surface area (TPSA) is 97.0 Å². The lowest BCUT2D eigenvalue weighted by molar-refractivity contribution is 0.414. The van der Waals surface area contributed by atoms with Crippen LogP contribution in [0.4, 0.5) is 0 Å². The van der Waals surface area contributed by atoms with Crippen molar-refractivity contribution >= 4 is 21.6 Å². The monoisotopic (exact) mass is 420 g/mol. The van der Waals surface area contributed by atoms with Gasteiger partial charge >= 0.3 is 0 Å². The van der Waals surface area contributed by atoms with Crippen molar-refractivity contribution in [2.24, 2.45) is 0 Å². The minimum atomic E-state index is -3.68. The number of aryl methyl sites for hydroxylation is 1. The Kier molecular flexibility index (Phi) is 6.33. The van der Waals surface area contributed by atoms with E-state index in [0.717, 1.165) is 11.4 Å². The van der Waals surface area contributed by atoms with E-state index in [-0.39, 0.29) is 16.5 Å². The molecule has 0 amide bonds. The fraction of sp³-hybridized carbons (Fsp3) is 0.263. The standard InChI is InChI=1S/C19H21ClN4O3S/c1-13-4-3-5-14(10-13)11-19-22-18(23-24-19)8-9-21-28(25,26)15-6-7-17(27-2)16(20)12-15/h3-7,10,12,21H,8-9,11H2,1-2H3,(H,22,23,24). The number of sulfonamides is 1. The molecule has 0 aliphatic heterocycles. The Balaban J connectivity index is 1.57. The van der Waals surface area contributed by atoms with Crippen molar-refractivity contribution in [1.82, 2.24) is 19.9 Å². The maximum atomic E-state index is 12.4. The molecule has 0 saturated carbocycles. The average molecular weight is 421 g/mol. The summed E-state index contributed by atoms with van der Waals surface area (Å²) in [5, 5.41) is 7.30. The van der Waals surface area contributed by atoms with Gasteiger partial charge in [-0.15, -0.1) is 0 Å². The Labute approximate surface area is 169 Å². The highest BCUT2D eigenvalue weighted by atomic mass is 35.5. The van der Waals surface area contributed by atoms with E-state index >= 15 is 0 Å². The van der Waals surface area contributed by atoms with E-state index in [1.807, 2.05) is 25.1 Å². The Hall–Kier alpha value is -2.42. The van der Waals surface area contributed by atoms with Gasteiger partial charge in [-0.2, -0.15) is 5.10 Å². The van der Waals surface area contributed by atoms with Crippen molar-refractivity contribution in [1.29, 1.82) is 0 Å². The summed E-state index contributed by atoms with van der Waals surface area (Å²) in [5.74, 6) is 1.71. The normalized spacial score (nSPS) is 11.5. The Morgan fingerprint density at radius 1 is 1.21 bits per heavy atom. The molecular weight excluding hydrogens is 400 g/mol. The number of halogens is 1. The number of ether oxygens (including phenoxy) is 1. The number of methoxy groups -OCH3 is 1. The minimum Gasteiger partial charge on any atom is -0.495 e. The largest absolute Gasteiger partial charge is 0.495 e. The van der Waals surface area contributed by atoms with Gasteiger partial charge in [0, 0.05) is 19.4 Å². The molecule has 3 rings (SSSR count). The first-order chi connectivity index (χ1) is 13.4. The van der Waals surface area contributed by atoms with Crippen molar-refractivity contribution in [3.63, 3.8) is 0 Å². The fourth-order valence-corrected chi connectivity index (χ4v) is 4.12. The predicted octanol–water partition coefficient (Wildman–Crippen LogP) is 2.89. The Morgan fingerprint density at radius 2 is 2.04 bits per heavy atom. The second kappa shape index (κ2) is 8.72. The van der Waals surface area contributed by atoms with Crippen molar-refractivity contribution in [2.45, 2.75) is 24.7 Å². The molecule has 148 valence electrons. The molecule has 28 heavy (non-hydrogen) atoms. The van der Waals surface area contributed by atoms with Gasteiger partial charge in [0.05, 0.1) is 17.0 Å². The van der Waals surface area contributed by atoms with E-state index in [2.05, 4.69) is 26.0 Å². The van der Waals surface area contributed by atoms with E-state index in [4.69, 9.17) is 16.3 Å². The molecule has 9 heteroatoms. The summed E-state index contributed by atoms with van der Waals surface area (Å²) in [4.78, 5) is 4.50. The van der Waals surface area contributed by atoms with Crippen LogP contribution in [0.1, 0.15) is 22.8 Å². The SMILES string of the molecule is COc1ccc(S(=O)(=O)NCCc2n[nH]c(Cc3cccc(C)c3)n2)cc1Cl. The van der Waals surface area contributed by atoms with Crippen molar-refractivity contribution in [3.8, 4) is 5.75 Å². The van der Waals surface area contributed by atoms with Crippen LogP contribution in [0, 0.1) is 6.92 Å². The van der Waals surface area contributed by atoms with Gasteiger partial charge in [-0.25, -0.2) is 18.1 Å². The van der Waals surface area contributed by atoms with E-state index in [1.54, 1.807) is 0 Å². The van der Waals surface area contributed by atoms with Crippen LogP contribution in [-0.4, -0.2) is 37.3 Å². The molecule has 3 aromatic rings. The highest BCUT2D eigenvalue weighted by Gasteiger charge is 2.16. The minimum absolute atomic E-state index is 0.0772. The molecule has 0 radical (unpaired) electrons. The first-order valence-corrected chi connectivity index (χ1v) is 10.5. The van der Waals surface area contributed by atoms with Crippen LogP contribution in [0.3, 0.4) is 0 Å². The van der Waals surface area contributed by atoms with Gasteiger partial charge in [0.15, 0.2) is 5.82 Å². The molecule has 1 heterocycles. The van der Waals surface area contributed by atoms with Crippen LogP contribution in [0.2, 0.25) is 5.02 Å². The average Bonchev–Trinajstić information content (AvgIpc) is 3.08. The van der Waals surface area contributed by atoms with Gasteiger partial charge in [-0.1, -0.05) is 41.4 Å². The molecule has 0 spiro atoms. The van der Waals surface area contributed by atoms with Crippen LogP contribution >= 0.6 is 11.6 Å². The molecule has 0 unspecified atom stereocenters. The highest BCUT2D eigenvalue weighted by Crippen LogP contribution is 2.26. The van der Waals surface area contributed by atoms with Gasteiger partial charge < -0.3 is 4.74 Å². The molecule has 0 atom stereocenters. The van der Waals surface area contributed by atoms with Gasteiger partial charge in [0.1, 0.15) is 11.6 Å². The number of aromatic amines is 1. The van der Waals surface area contributed by atoms with E-state index in [9.17, 15) is 8.42 Å². The van der Waals surface area contributed by atoms with E-state index < -0.39 is 10.0 Å². The lowest BCUT2D eigenvalue weighted by atomic mass is 10.1.